The van der Waals surface area contributed by atoms with Crippen LogP contribution >= 0.6 is 11.6 Å². The Hall–Kier alpha value is -1.81. The van der Waals surface area contributed by atoms with E-state index < -0.39 is 5.97 Å². The lowest BCUT2D eigenvalue weighted by Crippen LogP contribution is -2.01. The molecule has 1 heterocycles. The summed E-state index contributed by atoms with van der Waals surface area (Å²) in [5, 5.41) is 13.7. The van der Waals surface area contributed by atoms with Crippen LogP contribution in [0.25, 0.3) is 11.3 Å². The molecule has 4 nitrogen and oxygen atoms in total. The van der Waals surface area contributed by atoms with E-state index in [9.17, 15) is 9.90 Å². The third-order valence-corrected chi connectivity index (χ3v) is 3.34. The summed E-state index contributed by atoms with van der Waals surface area (Å²) in [5.74, 6) is -0.356. The molecule has 1 aromatic heterocycles. The molecule has 0 saturated heterocycles. The van der Waals surface area contributed by atoms with Crippen molar-refractivity contribution in [2.24, 2.45) is 0 Å². The maximum absolute atomic E-state index is 11.4. The van der Waals surface area contributed by atoms with Crippen molar-refractivity contribution in [3.05, 3.63) is 40.6 Å². The number of carboxylic acid groups (broad SMARTS) is 1. The second kappa shape index (κ2) is 4.14. The van der Waals surface area contributed by atoms with E-state index in [0.29, 0.717) is 22.0 Å². The van der Waals surface area contributed by atoms with Crippen molar-refractivity contribution in [3.8, 4) is 11.3 Å². The maximum Gasteiger partial charge on any atom is 0.341 e. The lowest BCUT2D eigenvalue weighted by atomic mass is 10.0. The van der Waals surface area contributed by atoms with Crippen molar-refractivity contribution >= 4 is 17.6 Å². The van der Waals surface area contributed by atoms with Crippen molar-refractivity contribution in [1.29, 1.82) is 0 Å². The van der Waals surface area contributed by atoms with E-state index in [-0.39, 0.29) is 11.5 Å². The smallest absolute Gasteiger partial charge is 0.341 e. The van der Waals surface area contributed by atoms with Gasteiger partial charge in [0.1, 0.15) is 11.3 Å². The zero-order chi connectivity index (χ0) is 12.7. The third-order valence-electron chi connectivity index (χ3n) is 3.01. The molecule has 0 spiro atoms. The van der Waals surface area contributed by atoms with Crippen molar-refractivity contribution in [1.82, 2.24) is 5.16 Å². The molecule has 0 radical (unpaired) electrons. The molecule has 1 N–H and O–H groups in total. The van der Waals surface area contributed by atoms with Crippen molar-refractivity contribution in [3.63, 3.8) is 0 Å². The predicted octanol–water partition coefficient (Wildman–Crippen LogP) is 3.57. The normalized spacial score (nSPS) is 14.7. The molecule has 0 unspecified atom stereocenters. The zero-order valence-corrected chi connectivity index (χ0v) is 10.1. The number of carbonyl (C=O) groups is 1. The van der Waals surface area contributed by atoms with Gasteiger partial charge in [-0.3, -0.25) is 0 Å². The maximum atomic E-state index is 11.4. The van der Waals surface area contributed by atoms with Gasteiger partial charge in [0.2, 0.25) is 0 Å². The number of benzene rings is 1. The van der Waals surface area contributed by atoms with Gasteiger partial charge < -0.3 is 9.63 Å². The van der Waals surface area contributed by atoms with Gasteiger partial charge in [0.25, 0.3) is 0 Å². The van der Waals surface area contributed by atoms with Crippen molar-refractivity contribution < 1.29 is 14.4 Å². The summed E-state index contributed by atoms with van der Waals surface area (Å²) in [4.78, 5) is 11.4. The van der Waals surface area contributed by atoms with Crippen molar-refractivity contribution in [2.75, 3.05) is 0 Å². The number of hydrogen-bond acceptors (Lipinski definition) is 3. The Bertz CT molecular complexity index is 616. The van der Waals surface area contributed by atoms with Crippen LogP contribution < -0.4 is 0 Å². The van der Waals surface area contributed by atoms with E-state index in [1.165, 1.54) is 0 Å². The largest absolute Gasteiger partial charge is 0.477 e. The molecule has 1 aliphatic rings. The van der Waals surface area contributed by atoms with Crippen molar-refractivity contribution in [2.45, 2.75) is 18.8 Å². The van der Waals surface area contributed by atoms with Gasteiger partial charge in [-0.15, -0.1) is 0 Å². The fraction of sp³-hybridized carbons (Fsp3) is 0.231. The Morgan fingerprint density at radius 1 is 1.39 bits per heavy atom. The first-order valence-corrected chi connectivity index (χ1v) is 6.04. The van der Waals surface area contributed by atoms with Crippen LogP contribution in [0.5, 0.6) is 0 Å². The highest BCUT2D eigenvalue weighted by Gasteiger charge is 2.35. The highest BCUT2D eigenvalue weighted by atomic mass is 35.5. The topological polar surface area (TPSA) is 63.3 Å². The number of halogens is 1. The van der Waals surface area contributed by atoms with Gasteiger partial charge in [0, 0.05) is 11.5 Å². The van der Waals surface area contributed by atoms with Crippen LogP contribution in [-0.2, 0) is 0 Å². The number of aromatic carboxylic acids is 1. The van der Waals surface area contributed by atoms with Crippen LogP contribution in [0, 0.1) is 0 Å². The summed E-state index contributed by atoms with van der Waals surface area (Å²) in [5.41, 5.74) is 1.05. The molecule has 1 aliphatic carbocycles. The lowest BCUT2D eigenvalue weighted by molar-refractivity contribution is 0.0695. The molecule has 5 heteroatoms. The fourth-order valence-corrected chi connectivity index (χ4v) is 2.20. The van der Waals surface area contributed by atoms with E-state index >= 15 is 0 Å². The molecule has 2 aromatic rings. The monoisotopic (exact) mass is 263 g/mol. The molecular weight excluding hydrogens is 254 g/mol. The van der Waals surface area contributed by atoms with Crippen LogP contribution in [0.1, 0.15) is 34.9 Å². The quantitative estimate of drug-likeness (QED) is 0.919. The highest BCUT2D eigenvalue weighted by Crippen LogP contribution is 2.44. The van der Waals surface area contributed by atoms with E-state index in [4.69, 9.17) is 16.1 Å². The molecular formula is C13H10ClNO3. The Labute approximate surface area is 108 Å². The van der Waals surface area contributed by atoms with Gasteiger partial charge in [-0.2, -0.15) is 0 Å². The molecule has 0 atom stereocenters. The molecule has 18 heavy (non-hydrogen) atoms. The standard InChI is InChI=1S/C13H10ClNO3/c14-9-4-2-1-3-8(9)11-10(13(16)17)12(18-15-11)7-5-6-7/h1-4,7H,5-6H2,(H,16,17). The SMILES string of the molecule is O=C(O)c1c(-c2ccccc2Cl)noc1C1CC1. The van der Waals surface area contributed by atoms with Gasteiger partial charge >= 0.3 is 5.97 Å². The summed E-state index contributed by atoms with van der Waals surface area (Å²) in [6.45, 7) is 0. The van der Waals surface area contributed by atoms with Crippen LogP contribution in [0.2, 0.25) is 5.02 Å². The molecule has 1 fully saturated rings. The zero-order valence-electron chi connectivity index (χ0n) is 9.39. The van der Waals surface area contributed by atoms with Crippen LogP contribution in [0.15, 0.2) is 28.8 Å². The molecule has 3 rings (SSSR count). The van der Waals surface area contributed by atoms with Crippen LogP contribution in [0.4, 0.5) is 0 Å². The first kappa shape index (κ1) is 11.3. The number of aromatic nitrogens is 1. The summed E-state index contributed by atoms with van der Waals surface area (Å²) >= 11 is 6.07. The minimum absolute atomic E-state index is 0.144. The van der Waals surface area contributed by atoms with E-state index in [1.54, 1.807) is 24.3 Å². The molecule has 0 amide bonds. The number of hydrogen-bond donors (Lipinski definition) is 1. The Morgan fingerprint density at radius 2 is 2.11 bits per heavy atom. The first-order valence-electron chi connectivity index (χ1n) is 5.66. The van der Waals surface area contributed by atoms with E-state index in [2.05, 4.69) is 5.16 Å². The van der Waals surface area contributed by atoms with Gasteiger partial charge in [-0.25, -0.2) is 4.79 Å². The summed E-state index contributed by atoms with van der Waals surface area (Å²) in [6.07, 6.45) is 1.91. The van der Waals surface area contributed by atoms with Crippen LogP contribution in [-0.4, -0.2) is 16.2 Å². The summed E-state index contributed by atoms with van der Waals surface area (Å²) in [7, 11) is 0. The number of rotatable bonds is 3. The Morgan fingerprint density at radius 3 is 2.72 bits per heavy atom. The highest BCUT2D eigenvalue weighted by molar-refractivity contribution is 6.33. The van der Waals surface area contributed by atoms with E-state index in [1.807, 2.05) is 0 Å². The first-order chi connectivity index (χ1) is 8.68. The molecule has 0 bridgehead atoms. The summed E-state index contributed by atoms with van der Waals surface area (Å²) < 4.78 is 5.20. The minimum Gasteiger partial charge on any atom is -0.477 e. The van der Waals surface area contributed by atoms with Crippen LogP contribution in [0.3, 0.4) is 0 Å². The molecule has 1 aromatic carbocycles. The van der Waals surface area contributed by atoms with Gasteiger partial charge in [-0.05, 0) is 18.9 Å². The molecule has 0 aliphatic heterocycles. The second-order valence-corrected chi connectivity index (χ2v) is 4.74. The predicted molar refractivity (Wildman–Crippen MR) is 65.9 cm³/mol. The second-order valence-electron chi connectivity index (χ2n) is 4.33. The fourth-order valence-electron chi connectivity index (χ4n) is 1.97. The lowest BCUT2D eigenvalue weighted by Gasteiger charge is -2.01. The number of carboxylic acids is 1. The Kier molecular flexibility index (Phi) is 2.59. The van der Waals surface area contributed by atoms with Gasteiger partial charge in [0.15, 0.2) is 5.76 Å². The molecule has 1 saturated carbocycles. The van der Waals surface area contributed by atoms with E-state index in [0.717, 1.165) is 12.8 Å². The molecule has 92 valence electrons. The number of nitrogens with zero attached hydrogens (tertiary/aromatic N) is 1. The average molecular weight is 264 g/mol. The third kappa shape index (κ3) is 1.78. The summed E-state index contributed by atoms with van der Waals surface area (Å²) in [6, 6.07) is 7.02. The minimum atomic E-state index is -1.02. The van der Waals surface area contributed by atoms with Gasteiger partial charge in [0.05, 0.1) is 5.02 Å². The Balaban J connectivity index is 2.18. The van der Waals surface area contributed by atoms with Gasteiger partial charge in [-0.1, -0.05) is 35.0 Å². The average Bonchev–Trinajstić information content (AvgIpc) is 3.09.